The van der Waals surface area contributed by atoms with E-state index in [-0.39, 0.29) is 5.41 Å². The minimum absolute atomic E-state index is 0.0539. The van der Waals surface area contributed by atoms with E-state index in [2.05, 4.69) is 19.8 Å². The van der Waals surface area contributed by atoms with Gasteiger partial charge in [-0.05, 0) is 32.6 Å². The van der Waals surface area contributed by atoms with Crippen molar-refractivity contribution in [3.8, 4) is 12.3 Å². The highest BCUT2D eigenvalue weighted by Crippen LogP contribution is 2.28. The lowest BCUT2D eigenvalue weighted by Gasteiger charge is -2.20. The minimum Gasteiger partial charge on any atom is -0.381 e. The molecule has 0 saturated carbocycles. The van der Waals surface area contributed by atoms with Gasteiger partial charge in [-0.25, -0.2) is 0 Å². The van der Waals surface area contributed by atoms with Crippen LogP contribution in [0.1, 0.15) is 26.7 Å². The summed E-state index contributed by atoms with van der Waals surface area (Å²) in [5.74, 6) is 3.51. The van der Waals surface area contributed by atoms with Crippen LogP contribution in [0.5, 0.6) is 0 Å². The summed E-state index contributed by atoms with van der Waals surface area (Å²) in [4.78, 5) is 0. The van der Waals surface area contributed by atoms with E-state index < -0.39 is 0 Å². The van der Waals surface area contributed by atoms with Crippen molar-refractivity contribution in [2.75, 3.05) is 13.2 Å². The number of terminal acetylenes is 1. The van der Waals surface area contributed by atoms with Crippen molar-refractivity contribution in [2.24, 2.45) is 11.3 Å². The van der Waals surface area contributed by atoms with Crippen molar-refractivity contribution < 1.29 is 4.74 Å². The largest absolute Gasteiger partial charge is 0.381 e. The molecule has 0 unspecified atom stereocenters. The molecule has 1 fully saturated rings. The van der Waals surface area contributed by atoms with Crippen LogP contribution in [0.3, 0.4) is 0 Å². The molecule has 1 saturated heterocycles. The van der Waals surface area contributed by atoms with E-state index in [9.17, 15) is 0 Å². The Kier molecular flexibility index (Phi) is 2.57. The maximum absolute atomic E-state index is 5.39. The second-order valence-corrected chi connectivity index (χ2v) is 3.96. The Labute approximate surface area is 69.1 Å². The topological polar surface area (TPSA) is 9.23 Å². The van der Waals surface area contributed by atoms with Crippen LogP contribution in [-0.4, -0.2) is 13.2 Å². The summed E-state index contributed by atoms with van der Waals surface area (Å²) in [5.41, 5.74) is 0.0539. The highest BCUT2D eigenvalue weighted by Gasteiger charge is 2.23. The van der Waals surface area contributed by atoms with Crippen molar-refractivity contribution in [1.82, 2.24) is 0 Å². The average Bonchev–Trinajstić information content (AvgIpc) is 2.39. The number of hydrogen-bond donors (Lipinski definition) is 0. The van der Waals surface area contributed by atoms with Crippen molar-refractivity contribution >= 4 is 0 Å². The molecule has 1 aliphatic heterocycles. The molecule has 1 heterocycles. The van der Waals surface area contributed by atoms with Gasteiger partial charge in [0.15, 0.2) is 0 Å². The van der Waals surface area contributed by atoms with Crippen molar-refractivity contribution in [3.63, 3.8) is 0 Å². The van der Waals surface area contributed by atoms with E-state index in [1.807, 2.05) is 0 Å². The Bertz CT molecular complexity index is 158. The maximum atomic E-state index is 5.39. The minimum atomic E-state index is 0.0539. The Hall–Kier alpha value is -0.480. The van der Waals surface area contributed by atoms with Gasteiger partial charge in [0.25, 0.3) is 0 Å². The van der Waals surface area contributed by atoms with Crippen LogP contribution >= 0.6 is 0 Å². The lowest BCUT2D eigenvalue weighted by molar-refractivity contribution is 0.177. The van der Waals surface area contributed by atoms with E-state index in [0.29, 0.717) is 5.92 Å². The first kappa shape index (κ1) is 8.62. The molecule has 0 N–H and O–H groups in total. The lowest BCUT2D eigenvalue weighted by atomic mass is 9.83. The fourth-order valence-corrected chi connectivity index (χ4v) is 1.52. The number of ether oxygens (including phenoxy) is 1. The normalized spacial score (nSPS) is 25.0. The predicted octanol–water partition coefficient (Wildman–Crippen LogP) is 2.07. The van der Waals surface area contributed by atoms with E-state index in [0.717, 1.165) is 19.6 Å². The second-order valence-electron chi connectivity index (χ2n) is 3.96. The van der Waals surface area contributed by atoms with Crippen LogP contribution in [0.4, 0.5) is 0 Å². The van der Waals surface area contributed by atoms with Gasteiger partial charge >= 0.3 is 0 Å². The maximum Gasteiger partial charge on any atom is 0.0495 e. The van der Waals surface area contributed by atoms with Crippen LogP contribution in [0.2, 0.25) is 0 Å². The Morgan fingerprint density at radius 2 is 2.36 bits per heavy atom. The molecule has 1 rings (SSSR count). The zero-order valence-electron chi connectivity index (χ0n) is 7.39. The second kappa shape index (κ2) is 3.28. The summed E-state index contributed by atoms with van der Waals surface area (Å²) >= 11 is 0. The Balaban J connectivity index is 2.35. The summed E-state index contributed by atoms with van der Waals surface area (Å²) in [7, 11) is 0. The van der Waals surface area contributed by atoms with Gasteiger partial charge in [-0.3, -0.25) is 0 Å². The first-order valence-electron chi connectivity index (χ1n) is 4.19. The van der Waals surface area contributed by atoms with Crippen molar-refractivity contribution in [3.05, 3.63) is 0 Å². The van der Waals surface area contributed by atoms with Crippen LogP contribution in [0, 0.1) is 23.7 Å². The molecule has 0 aromatic rings. The standard InChI is InChI=1S/C10H16O/c1-4-10(2,3)7-9-5-6-11-8-9/h1,9H,5-8H2,2-3H3/t9-/m0/s1. The molecule has 62 valence electrons. The smallest absolute Gasteiger partial charge is 0.0495 e. The van der Waals surface area contributed by atoms with Gasteiger partial charge in [0.1, 0.15) is 0 Å². The van der Waals surface area contributed by atoms with Gasteiger partial charge in [0.05, 0.1) is 0 Å². The highest BCUT2D eigenvalue weighted by atomic mass is 16.5. The van der Waals surface area contributed by atoms with Gasteiger partial charge < -0.3 is 4.74 Å². The SMILES string of the molecule is C#CC(C)(C)C[C@@H]1CCOC1. The Morgan fingerprint density at radius 1 is 1.64 bits per heavy atom. The molecule has 0 amide bonds. The van der Waals surface area contributed by atoms with E-state index in [4.69, 9.17) is 11.2 Å². The molecule has 0 aliphatic carbocycles. The third-order valence-corrected chi connectivity index (χ3v) is 2.21. The van der Waals surface area contributed by atoms with Crippen molar-refractivity contribution in [1.29, 1.82) is 0 Å². The first-order valence-corrected chi connectivity index (χ1v) is 4.19. The fourth-order valence-electron chi connectivity index (χ4n) is 1.52. The molecular weight excluding hydrogens is 136 g/mol. The number of rotatable bonds is 2. The molecule has 1 atom stereocenters. The molecule has 0 spiro atoms. The monoisotopic (exact) mass is 152 g/mol. The molecule has 0 aromatic heterocycles. The molecule has 11 heavy (non-hydrogen) atoms. The molecule has 0 aromatic carbocycles. The Morgan fingerprint density at radius 3 is 2.82 bits per heavy atom. The molecule has 1 nitrogen and oxygen atoms in total. The molecular formula is C10H16O. The van der Waals surface area contributed by atoms with Gasteiger partial charge in [-0.1, -0.05) is 0 Å². The molecule has 1 aliphatic rings. The zero-order valence-corrected chi connectivity index (χ0v) is 7.39. The van der Waals surface area contributed by atoms with Gasteiger partial charge in [0, 0.05) is 18.6 Å². The summed E-state index contributed by atoms with van der Waals surface area (Å²) in [6, 6.07) is 0. The number of hydrogen-bond acceptors (Lipinski definition) is 1. The van der Waals surface area contributed by atoms with Gasteiger partial charge in [0.2, 0.25) is 0 Å². The first-order chi connectivity index (χ1) is 5.14. The third kappa shape index (κ3) is 2.55. The zero-order chi connectivity index (χ0) is 8.32. The summed E-state index contributed by atoms with van der Waals surface area (Å²) in [6.45, 7) is 6.06. The lowest BCUT2D eigenvalue weighted by Crippen LogP contribution is -2.14. The predicted molar refractivity (Wildman–Crippen MR) is 46.2 cm³/mol. The van der Waals surface area contributed by atoms with Crippen LogP contribution in [0.15, 0.2) is 0 Å². The average molecular weight is 152 g/mol. The highest BCUT2D eigenvalue weighted by molar-refractivity contribution is 5.01. The van der Waals surface area contributed by atoms with Gasteiger partial charge in [-0.2, -0.15) is 0 Å². The van der Waals surface area contributed by atoms with E-state index in [1.165, 1.54) is 6.42 Å². The third-order valence-electron chi connectivity index (χ3n) is 2.21. The summed E-state index contributed by atoms with van der Waals surface area (Å²) in [6.07, 6.45) is 7.68. The molecule has 0 radical (unpaired) electrons. The fraction of sp³-hybridized carbons (Fsp3) is 0.800. The summed E-state index contributed by atoms with van der Waals surface area (Å²) < 4.78 is 5.28. The van der Waals surface area contributed by atoms with Crippen LogP contribution < -0.4 is 0 Å². The van der Waals surface area contributed by atoms with Crippen LogP contribution in [0.25, 0.3) is 0 Å². The van der Waals surface area contributed by atoms with Crippen molar-refractivity contribution in [2.45, 2.75) is 26.7 Å². The quantitative estimate of drug-likeness (QED) is 0.550. The molecule has 0 bridgehead atoms. The summed E-state index contributed by atoms with van der Waals surface area (Å²) in [5, 5.41) is 0. The van der Waals surface area contributed by atoms with Crippen LogP contribution in [-0.2, 0) is 4.74 Å². The van der Waals surface area contributed by atoms with E-state index >= 15 is 0 Å². The molecule has 1 heteroatoms. The van der Waals surface area contributed by atoms with Gasteiger partial charge in [-0.15, -0.1) is 12.3 Å². The van der Waals surface area contributed by atoms with E-state index in [1.54, 1.807) is 0 Å².